The van der Waals surface area contributed by atoms with E-state index in [0.717, 1.165) is 19.3 Å². The number of anilines is 1. The third-order valence-corrected chi connectivity index (χ3v) is 4.45. The molecular weight excluding hydrogens is 304 g/mol. The van der Waals surface area contributed by atoms with Crippen molar-refractivity contribution < 1.29 is 14.7 Å². The second-order valence-electron chi connectivity index (χ2n) is 5.68. The average Bonchev–Trinajstić information content (AvgIpc) is 2.48. The van der Waals surface area contributed by atoms with Gasteiger partial charge >= 0.3 is 5.97 Å². The predicted molar refractivity (Wildman–Crippen MR) is 82.6 cm³/mol. The number of rotatable bonds is 4. The molecule has 1 aromatic rings. The summed E-state index contributed by atoms with van der Waals surface area (Å²) in [4.78, 5) is 23.7. The number of hydrogen-bond donors (Lipinski definition) is 2. The highest BCUT2D eigenvalue weighted by molar-refractivity contribution is 6.32. The molecule has 0 atom stereocenters. The van der Waals surface area contributed by atoms with Gasteiger partial charge in [-0.15, -0.1) is 0 Å². The van der Waals surface area contributed by atoms with Crippen molar-refractivity contribution >= 4 is 29.2 Å². The van der Waals surface area contributed by atoms with E-state index >= 15 is 0 Å². The summed E-state index contributed by atoms with van der Waals surface area (Å²) in [5, 5.41) is 21.2. The van der Waals surface area contributed by atoms with Crippen LogP contribution in [0.4, 0.5) is 5.69 Å². The Bertz CT molecular complexity index is 631. The number of benzene rings is 1. The van der Waals surface area contributed by atoms with Crippen molar-refractivity contribution in [2.75, 3.05) is 5.32 Å². The first-order valence-electron chi connectivity index (χ1n) is 7.20. The molecule has 2 rings (SSSR count). The van der Waals surface area contributed by atoms with Gasteiger partial charge in [-0.3, -0.25) is 9.59 Å². The van der Waals surface area contributed by atoms with Crippen LogP contribution >= 0.6 is 11.6 Å². The lowest BCUT2D eigenvalue weighted by Crippen LogP contribution is -2.37. The van der Waals surface area contributed by atoms with E-state index in [4.69, 9.17) is 16.9 Å². The molecule has 0 heterocycles. The van der Waals surface area contributed by atoms with Gasteiger partial charge in [0.05, 0.1) is 16.0 Å². The zero-order chi connectivity index (χ0) is 16.2. The van der Waals surface area contributed by atoms with Crippen LogP contribution in [0, 0.1) is 16.7 Å². The van der Waals surface area contributed by atoms with E-state index in [1.807, 2.05) is 6.07 Å². The fraction of sp³-hybridized carbons (Fsp3) is 0.438. The summed E-state index contributed by atoms with van der Waals surface area (Å²) in [6.07, 6.45) is 3.71. The third-order valence-electron chi connectivity index (χ3n) is 4.14. The Morgan fingerprint density at radius 1 is 1.32 bits per heavy atom. The van der Waals surface area contributed by atoms with Crippen LogP contribution in [-0.2, 0) is 9.59 Å². The molecule has 0 aliphatic heterocycles. The van der Waals surface area contributed by atoms with Gasteiger partial charge in [0.2, 0.25) is 5.91 Å². The summed E-state index contributed by atoms with van der Waals surface area (Å²) >= 11 is 5.91. The van der Waals surface area contributed by atoms with E-state index in [9.17, 15) is 14.7 Å². The van der Waals surface area contributed by atoms with Gasteiger partial charge in [0.25, 0.3) is 0 Å². The topological polar surface area (TPSA) is 90.2 Å². The molecule has 1 aliphatic carbocycles. The first kappa shape index (κ1) is 16.3. The van der Waals surface area contributed by atoms with Crippen molar-refractivity contribution in [2.24, 2.45) is 5.41 Å². The Labute approximate surface area is 133 Å². The van der Waals surface area contributed by atoms with Crippen molar-refractivity contribution in [1.82, 2.24) is 0 Å². The van der Waals surface area contributed by atoms with Crippen molar-refractivity contribution in [3.05, 3.63) is 28.8 Å². The van der Waals surface area contributed by atoms with Crippen LogP contribution in [0.1, 0.15) is 44.1 Å². The molecular formula is C16H17ClN2O3. The van der Waals surface area contributed by atoms with E-state index in [0.29, 0.717) is 24.1 Å². The van der Waals surface area contributed by atoms with Gasteiger partial charge in [0.1, 0.15) is 6.07 Å². The largest absolute Gasteiger partial charge is 0.481 e. The first-order valence-corrected chi connectivity index (χ1v) is 7.57. The maximum absolute atomic E-state index is 12.2. The van der Waals surface area contributed by atoms with Crippen LogP contribution in [0.25, 0.3) is 0 Å². The number of nitrogens with one attached hydrogen (secondary N) is 1. The summed E-state index contributed by atoms with van der Waals surface area (Å²) in [5.74, 6) is -1.25. The van der Waals surface area contributed by atoms with E-state index in [1.165, 1.54) is 12.1 Å². The molecule has 116 valence electrons. The smallest absolute Gasteiger partial charge is 0.310 e. The summed E-state index contributed by atoms with van der Waals surface area (Å²) in [5.41, 5.74) is -0.169. The highest BCUT2D eigenvalue weighted by atomic mass is 35.5. The lowest BCUT2D eigenvalue weighted by Gasteiger charge is -2.32. The number of carbonyl (C=O) groups excluding carboxylic acids is 1. The maximum Gasteiger partial charge on any atom is 0.310 e. The maximum atomic E-state index is 12.2. The Hall–Kier alpha value is -2.06. The molecule has 0 unspecified atom stereocenters. The van der Waals surface area contributed by atoms with Crippen LogP contribution in [0.2, 0.25) is 5.02 Å². The van der Waals surface area contributed by atoms with Crippen LogP contribution in [0.3, 0.4) is 0 Å². The summed E-state index contributed by atoms with van der Waals surface area (Å²) in [6.45, 7) is 0. The number of nitriles is 1. The number of carboxylic acids is 1. The zero-order valence-electron chi connectivity index (χ0n) is 12.1. The molecule has 1 saturated carbocycles. The van der Waals surface area contributed by atoms with Crippen molar-refractivity contribution in [1.29, 1.82) is 5.26 Å². The minimum atomic E-state index is -0.960. The summed E-state index contributed by atoms with van der Waals surface area (Å²) in [6, 6.07) is 6.53. The van der Waals surface area contributed by atoms with E-state index in [2.05, 4.69) is 5.32 Å². The fourth-order valence-corrected chi connectivity index (χ4v) is 3.11. The average molecular weight is 321 g/mol. The lowest BCUT2D eigenvalue weighted by atomic mass is 9.71. The number of halogens is 1. The number of carboxylic acid groups (broad SMARTS) is 1. The molecule has 0 radical (unpaired) electrons. The Kier molecular flexibility index (Phi) is 5.04. The number of nitrogens with zero attached hydrogens (tertiary/aromatic N) is 1. The molecule has 2 N–H and O–H groups in total. The number of hydrogen-bond acceptors (Lipinski definition) is 3. The Morgan fingerprint density at radius 3 is 2.55 bits per heavy atom. The van der Waals surface area contributed by atoms with E-state index < -0.39 is 11.4 Å². The van der Waals surface area contributed by atoms with Crippen LogP contribution in [-0.4, -0.2) is 17.0 Å². The van der Waals surface area contributed by atoms with Gasteiger partial charge in [-0.05, 0) is 31.0 Å². The van der Waals surface area contributed by atoms with E-state index in [-0.39, 0.29) is 17.4 Å². The second-order valence-corrected chi connectivity index (χ2v) is 6.08. The van der Waals surface area contributed by atoms with Crippen LogP contribution in [0.5, 0.6) is 0 Å². The minimum absolute atomic E-state index is 0.0417. The summed E-state index contributed by atoms with van der Waals surface area (Å²) < 4.78 is 0. The molecule has 6 heteroatoms. The third kappa shape index (κ3) is 3.58. The molecule has 22 heavy (non-hydrogen) atoms. The number of aliphatic carboxylic acids is 1. The number of carbonyl (C=O) groups is 2. The molecule has 0 saturated heterocycles. The zero-order valence-corrected chi connectivity index (χ0v) is 12.8. The Balaban J connectivity index is 2.07. The highest BCUT2D eigenvalue weighted by Gasteiger charge is 2.41. The molecule has 0 aromatic heterocycles. The van der Waals surface area contributed by atoms with Gasteiger partial charge < -0.3 is 10.4 Å². The van der Waals surface area contributed by atoms with Crippen molar-refractivity contribution in [3.63, 3.8) is 0 Å². The second kappa shape index (κ2) is 6.80. The number of amides is 1. The fourth-order valence-electron chi connectivity index (χ4n) is 2.89. The molecule has 5 nitrogen and oxygen atoms in total. The van der Waals surface area contributed by atoms with Gasteiger partial charge in [0.15, 0.2) is 0 Å². The SMILES string of the molecule is N#Cc1ccc(NC(=O)CC2(C(=O)O)CCCCC2)cc1Cl. The van der Waals surface area contributed by atoms with Crippen molar-refractivity contribution in [2.45, 2.75) is 38.5 Å². The van der Waals surface area contributed by atoms with Crippen molar-refractivity contribution in [3.8, 4) is 6.07 Å². The van der Waals surface area contributed by atoms with Gasteiger partial charge in [-0.1, -0.05) is 30.9 Å². The van der Waals surface area contributed by atoms with Gasteiger partial charge in [-0.25, -0.2) is 0 Å². The van der Waals surface area contributed by atoms with Gasteiger partial charge in [0, 0.05) is 12.1 Å². The monoisotopic (exact) mass is 320 g/mol. The molecule has 0 spiro atoms. The molecule has 1 aromatic carbocycles. The quantitative estimate of drug-likeness (QED) is 0.887. The molecule has 0 bridgehead atoms. The molecule has 1 amide bonds. The standard InChI is InChI=1S/C16H17ClN2O3/c17-13-8-12(5-4-11(13)10-18)19-14(20)9-16(15(21)22)6-2-1-3-7-16/h4-5,8H,1-3,6-7,9H2,(H,19,20)(H,21,22). The van der Waals surface area contributed by atoms with E-state index in [1.54, 1.807) is 6.07 Å². The molecule has 1 aliphatic rings. The normalized spacial score (nSPS) is 16.5. The first-order chi connectivity index (χ1) is 10.5. The highest BCUT2D eigenvalue weighted by Crippen LogP contribution is 2.39. The van der Waals surface area contributed by atoms with Crippen LogP contribution < -0.4 is 5.32 Å². The predicted octanol–water partition coefficient (Wildman–Crippen LogP) is 3.58. The Morgan fingerprint density at radius 2 is 2.00 bits per heavy atom. The summed E-state index contributed by atoms with van der Waals surface area (Å²) in [7, 11) is 0. The lowest BCUT2D eigenvalue weighted by molar-refractivity contribution is -0.153. The van der Waals surface area contributed by atoms with Crippen LogP contribution in [0.15, 0.2) is 18.2 Å². The molecule has 1 fully saturated rings. The minimum Gasteiger partial charge on any atom is -0.481 e. The van der Waals surface area contributed by atoms with Gasteiger partial charge in [-0.2, -0.15) is 5.26 Å².